The van der Waals surface area contributed by atoms with E-state index in [1.165, 1.54) is 0 Å². The molecule has 2 aromatic heterocycles. The highest BCUT2D eigenvalue weighted by Gasteiger charge is 2.15. The average Bonchev–Trinajstić information content (AvgIpc) is 3.09. The SMILES string of the molecule is CC(C)Cn1ncnc1CN[C@H](C)c1nc2ccccc2n1C. The zero-order chi connectivity index (χ0) is 16.4. The molecular formula is C17H24N6. The molecule has 1 atom stereocenters. The first-order valence-electron chi connectivity index (χ1n) is 8.07. The summed E-state index contributed by atoms with van der Waals surface area (Å²) in [6.07, 6.45) is 1.62. The van der Waals surface area contributed by atoms with Crippen molar-refractivity contribution < 1.29 is 0 Å². The minimum Gasteiger partial charge on any atom is -0.330 e. The number of hydrogen-bond donors (Lipinski definition) is 1. The Bertz CT molecular complexity index is 785. The Balaban J connectivity index is 1.73. The van der Waals surface area contributed by atoms with Gasteiger partial charge in [-0.15, -0.1) is 0 Å². The first-order chi connectivity index (χ1) is 11.1. The molecule has 0 fully saturated rings. The molecule has 23 heavy (non-hydrogen) atoms. The number of benzene rings is 1. The van der Waals surface area contributed by atoms with Gasteiger partial charge in [0.05, 0.1) is 23.6 Å². The lowest BCUT2D eigenvalue weighted by molar-refractivity contribution is 0.444. The Kier molecular flexibility index (Phi) is 4.43. The van der Waals surface area contributed by atoms with Crippen LogP contribution in [0.5, 0.6) is 0 Å². The summed E-state index contributed by atoms with van der Waals surface area (Å²) in [7, 11) is 2.06. The van der Waals surface area contributed by atoms with E-state index in [0.29, 0.717) is 12.5 Å². The Morgan fingerprint density at radius 1 is 1.17 bits per heavy atom. The number of fused-ring (bicyclic) bond motifs is 1. The second-order valence-corrected chi connectivity index (χ2v) is 6.37. The van der Waals surface area contributed by atoms with Crippen molar-refractivity contribution in [2.45, 2.75) is 39.9 Å². The van der Waals surface area contributed by atoms with E-state index in [0.717, 1.165) is 29.2 Å². The zero-order valence-corrected chi connectivity index (χ0v) is 14.2. The third kappa shape index (κ3) is 3.27. The maximum atomic E-state index is 4.74. The lowest BCUT2D eigenvalue weighted by Gasteiger charge is -2.14. The predicted molar refractivity (Wildman–Crippen MR) is 90.8 cm³/mol. The van der Waals surface area contributed by atoms with E-state index in [-0.39, 0.29) is 6.04 Å². The summed E-state index contributed by atoms with van der Waals surface area (Å²) in [5.41, 5.74) is 2.18. The van der Waals surface area contributed by atoms with Gasteiger partial charge in [0, 0.05) is 13.6 Å². The van der Waals surface area contributed by atoms with Crippen molar-refractivity contribution in [3.05, 3.63) is 42.2 Å². The molecule has 0 aliphatic carbocycles. The van der Waals surface area contributed by atoms with Crippen molar-refractivity contribution in [1.29, 1.82) is 0 Å². The minimum atomic E-state index is 0.136. The van der Waals surface area contributed by atoms with Crippen LogP contribution in [-0.4, -0.2) is 24.3 Å². The van der Waals surface area contributed by atoms with Crippen LogP contribution in [-0.2, 0) is 20.1 Å². The first kappa shape index (κ1) is 15.7. The topological polar surface area (TPSA) is 60.6 Å². The predicted octanol–water partition coefficient (Wildman–Crippen LogP) is 2.67. The number of nitrogens with zero attached hydrogens (tertiary/aromatic N) is 5. The van der Waals surface area contributed by atoms with Gasteiger partial charge in [0.1, 0.15) is 18.0 Å². The third-order valence-electron chi connectivity index (χ3n) is 4.01. The first-order valence-corrected chi connectivity index (χ1v) is 8.07. The lowest BCUT2D eigenvalue weighted by Crippen LogP contribution is -2.24. The molecule has 0 radical (unpaired) electrons. The van der Waals surface area contributed by atoms with Gasteiger partial charge in [0.2, 0.25) is 0 Å². The highest BCUT2D eigenvalue weighted by atomic mass is 15.3. The Morgan fingerprint density at radius 3 is 2.70 bits per heavy atom. The zero-order valence-electron chi connectivity index (χ0n) is 14.2. The number of para-hydroxylation sites is 2. The molecule has 0 unspecified atom stereocenters. The summed E-state index contributed by atoms with van der Waals surface area (Å²) in [5, 5.41) is 7.81. The second kappa shape index (κ2) is 6.50. The summed E-state index contributed by atoms with van der Waals surface area (Å²) in [5.74, 6) is 2.54. The maximum absolute atomic E-state index is 4.74. The van der Waals surface area contributed by atoms with Crippen LogP contribution in [0.15, 0.2) is 30.6 Å². The van der Waals surface area contributed by atoms with E-state index >= 15 is 0 Å². The van der Waals surface area contributed by atoms with Crippen LogP contribution >= 0.6 is 0 Å². The Labute approximate surface area is 136 Å². The summed E-state index contributed by atoms with van der Waals surface area (Å²) < 4.78 is 4.12. The molecule has 6 nitrogen and oxygen atoms in total. The van der Waals surface area contributed by atoms with Crippen LogP contribution in [0, 0.1) is 5.92 Å². The van der Waals surface area contributed by atoms with E-state index in [1.807, 2.05) is 22.9 Å². The molecule has 0 saturated carbocycles. The molecular weight excluding hydrogens is 288 g/mol. The Morgan fingerprint density at radius 2 is 1.96 bits per heavy atom. The van der Waals surface area contributed by atoms with E-state index in [2.05, 4.69) is 53.9 Å². The van der Waals surface area contributed by atoms with Gasteiger partial charge in [-0.05, 0) is 25.0 Å². The molecule has 6 heteroatoms. The summed E-state index contributed by atoms with van der Waals surface area (Å²) in [6.45, 7) is 8.06. The summed E-state index contributed by atoms with van der Waals surface area (Å²) >= 11 is 0. The van der Waals surface area contributed by atoms with Gasteiger partial charge >= 0.3 is 0 Å². The smallest absolute Gasteiger partial charge is 0.140 e. The Hall–Kier alpha value is -2.21. The van der Waals surface area contributed by atoms with Crippen LogP contribution in [0.2, 0.25) is 0 Å². The molecule has 1 N–H and O–H groups in total. The lowest BCUT2D eigenvalue weighted by atomic mass is 10.2. The van der Waals surface area contributed by atoms with E-state index < -0.39 is 0 Å². The van der Waals surface area contributed by atoms with E-state index in [9.17, 15) is 0 Å². The molecule has 122 valence electrons. The van der Waals surface area contributed by atoms with Crippen molar-refractivity contribution >= 4 is 11.0 Å². The standard InChI is InChI=1S/C17H24N6/c1-12(2)10-23-16(19-11-20-23)9-18-13(3)17-21-14-7-5-6-8-15(14)22(17)4/h5-8,11-13,18H,9-10H2,1-4H3/t13-/m1/s1. The highest BCUT2D eigenvalue weighted by Crippen LogP contribution is 2.19. The molecule has 1 aromatic carbocycles. The number of hydrogen-bond acceptors (Lipinski definition) is 4. The number of aromatic nitrogens is 5. The van der Waals surface area contributed by atoms with Crippen molar-refractivity contribution in [2.75, 3.05) is 0 Å². The van der Waals surface area contributed by atoms with Crippen LogP contribution in [0.3, 0.4) is 0 Å². The van der Waals surface area contributed by atoms with Crippen molar-refractivity contribution in [3.63, 3.8) is 0 Å². The third-order valence-corrected chi connectivity index (χ3v) is 4.01. The second-order valence-electron chi connectivity index (χ2n) is 6.37. The molecule has 0 bridgehead atoms. The van der Waals surface area contributed by atoms with Gasteiger partial charge in [-0.25, -0.2) is 14.6 Å². The van der Waals surface area contributed by atoms with Crippen molar-refractivity contribution in [1.82, 2.24) is 29.6 Å². The van der Waals surface area contributed by atoms with Crippen molar-refractivity contribution in [3.8, 4) is 0 Å². The van der Waals surface area contributed by atoms with Crippen LogP contribution in [0.4, 0.5) is 0 Å². The van der Waals surface area contributed by atoms with Gasteiger partial charge in [0.15, 0.2) is 0 Å². The fraction of sp³-hybridized carbons (Fsp3) is 0.471. The van der Waals surface area contributed by atoms with Gasteiger partial charge in [0.25, 0.3) is 0 Å². The molecule has 0 amide bonds. The quantitative estimate of drug-likeness (QED) is 0.760. The molecule has 0 saturated heterocycles. The fourth-order valence-electron chi connectivity index (χ4n) is 2.81. The van der Waals surface area contributed by atoms with Gasteiger partial charge < -0.3 is 9.88 Å². The van der Waals surface area contributed by atoms with Gasteiger partial charge in [-0.3, -0.25) is 0 Å². The number of imidazole rings is 1. The monoisotopic (exact) mass is 312 g/mol. The van der Waals surface area contributed by atoms with Crippen molar-refractivity contribution in [2.24, 2.45) is 13.0 Å². The van der Waals surface area contributed by atoms with Crippen LogP contribution in [0.1, 0.15) is 38.5 Å². The maximum Gasteiger partial charge on any atom is 0.140 e. The average molecular weight is 312 g/mol. The molecule has 0 spiro atoms. The molecule has 0 aliphatic heterocycles. The largest absolute Gasteiger partial charge is 0.330 e. The van der Waals surface area contributed by atoms with E-state index in [1.54, 1.807) is 6.33 Å². The highest BCUT2D eigenvalue weighted by molar-refractivity contribution is 5.75. The summed E-state index contributed by atoms with van der Waals surface area (Å²) in [6, 6.07) is 8.34. The number of rotatable bonds is 6. The van der Waals surface area contributed by atoms with Gasteiger partial charge in [-0.2, -0.15) is 5.10 Å². The molecule has 2 heterocycles. The normalized spacial score (nSPS) is 13.1. The molecule has 3 aromatic rings. The van der Waals surface area contributed by atoms with Crippen LogP contribution < -0.4 is 5.32 Å². The van der Waals surface area contributed by atoms with E-state index in [4.69, 9.17) is 4.98 Å². The molecule has 0 aliphatic rings. The molecule has 3 rings (SSSR count). The number of aryl methyl sites for hydroxylation is 1. The minimum absolute atomic E-state index is 0.136. The fourth-order valence-corrected chi connectivity index (χ4v) is 2.81. The van der Waals surface area contributed by atoms with Gasteiger partial charge in [-0.1, -0.05) is 26.0 Å². The number of nitrogens with one attached hydrogen (secondary N) is 1. The van der Waals surface area contributed by atoms with Crippen LogP contribution in [0.25, 0.3) is 11.0 Å². The summed E-state index contributed by atoms with van der Waals surface area (Å²) in [4.78, 5) is 9.10.